The Morgan fingerprint density at radius 2 is 2.22 bits per heavy atom. The van der Waals surface area contributed by atoms with Crippen LogP contribution in [0.4, 0.5) is 11.4 Å². The van der Waals surface area contributed by atoms with Crippen LogP contribution in [-0.2, 0) is 4.79 Å². The number of halogens is 1. The SMILES string of the molecule is CN(C)c1c(Cl)cccc1NC(=O)CC1CNC1. The molecule has 98 valence electrons. The lowest BCUT2D eigenvalue weighted by atomic mass is 9.99. The fraction of sp³-hybridized carbons (Fsp3) is 0.462. The summed E-state index contributed by atoms with van der Waals surface area (Å²) >= 11 is 6.15. The third kappa shape index (κ3) is 2.94. The van der Waals surface area contributed by atoms with Gasteiger partial charge in [0.15, 0.2) is 0 Å². The molecule has 0 aliphatic carbocycles. The minimum Gasteiger partial charge on any atom is -0.375 e. The molecule has 0 spiro atoms. The number of nitrogens with zero attached hydrogens (tertiary/aromatic N) is 1. The van der Waals surface area contributed by atoms with Crippen LogP contribution in [0, 0.1) is 5.92 Å². The van der Waals surface area contributed by atoms with Crippen LogP contribution in [0.3, 0.4) is 0 Å². The van der Waals surface area contributed by atoms with E-state index in [9.17, 15) is 4.79 Å². The van der Waals surface area contributed by atoms with Crippen LogP contribution in [0.25, 0.3) is 0 Å². The predicted molar refractivity (Wildman–Crippen MR) is 75.4 cm³/mol. The summed E-state index contributed by atoms with van der Waals surface area (Å²) in [7, 11) is 3.82. The molecule has 1 aliphatic heterocycles. The van der Waals surface area contributed by atoms with Gasteiger partial charge in [-0.2, -0.15) is 0 Å². The first-order valence-corrected chi connectivity index (χ1v) is 6.42. The van der Waals surface area contributed by atoms with Crippen molar-refractivity contribution in [2.45, 2.75) is 6.42 Å². The minimum absolute atomic E-state index is 0.0480. The molecule has 1 aromatic carbocycles. The second kappa shape index (κ2) is 5.59. The maximum atomic E-state index is 11.9. The number of nitrogens with one attached hydrogen (secondary N) is 2. The lowest BCUT2D eigenvalue weighted by Gasteiger charge is -2.26. The minimum atomic E-state index is 0.0480. The van der Waals surface area contributed by atoms with E-state index in [-0.39, 0.29) is 5.91 Å². The molecule has 0 saturated carbocycles. The number of amides is 1. The van der Waals surface area contributed by atoms with Crippen molar-refractivity contribution in [2.75, 3.05) is 37.4 Å². The molecule has 2 N–H and O–H groups in total. The Labute approximate surface area is 112 Å². The Balaban J connectivity index is 2.07. The van der Waals surface area contributed by atoms with Gasteiger partial charge in [-0.3, -0.25) is 4.79 Å². The van der Waals surface area contributed by atoms with E-state index in [1.165, 1.54) is 0 Å². The summed E-state index contributed by atoms with van der Waals surface area (Å²) in [5.74, 6) is 0.513. The van der Waals surface area contributed by atoms with E-state index in [0.717, 1.165) is 24.5 Å². The third-order valence-electron chi connectivity index (χ3n) is 3.05. The highest BCUT2D eigenvalue weighted by molar-refractivity contribution is 6.34. The average molecular weight is 268 g/mol. The van der Waals surface area contributed by atoms with Crippen molar-refractivity contribution < 1.29 is 4.79 Å². The molecule has 1 amide bonds. The van der Waals surface area contributed by atoms with Crippen LogP contribution in [0.15, 0.2) is 18.2 Å². The van der Waals surface area contributed by atoms with Gasteiger partial charge in [0.1, 0.15) is 0 Å². The zero-order valence-corrected chi connectivity index (χ0v) is 11.4. The van der Waals surface area contributed by atoms with E-state index in [2.05, 4.69) is 10.6 Å². The van der Waals surface area contributed by atoms with Crippen LogP contribution in [0.1, 0.15) is 6.42 Å². The molecule has 1 aromatic rings. The number of carbonyl (C=O) groups is 1. The Morgan fingerprint density at radius 1 is 1.50 bits per heavy atom. The number of rotatable bonds is 4. The highest BCUT2D eigenvalue weighted by Gasteiger charge is 2.21. The molecule has 4 nitrogen and oxygen atoms in total. The summed E-state index contributed by atoms with van der Waals surface area (Å²) in [4.78, 5) is 13.8. The van der Waals surface area contributed by atoms with Crippen LogP contribution in [0.5, 0.6) is 0 Å². The highest BCUT2D eigenvalue weighted by Crippen LogP contribution is 2.32. The van der Waals surface area contributed by atoms with Gasteiger partial charge in [-0.05, 0) is 31.1 Å². The Kier molecular flexibility index (Phi) is 4.09. The van der Waals surface area contributed by atoms with E-state index in [4.69, 9.17) is 11.6 Å². The lowest BCUT2D eigenvalue weighted by molar-refractivity contribution is -0.117. The van der Waals surface area contributed by atoms with E-state index < -0.39 is 0 Å². The molecular weight excluding hydrogens is 250 g/mol. The number of hydrogen-bond donors (Lipinski definition) is 2. The number of anilines is 2. The average Bonchev–Trinajstić information content (AvgIpc) is 2.23. The molecule has 2 rings (SSSR count). The fourth-order valence-corrected chi connectivity index (χ4v) is 2.37. The van der Waals surface area contributed by atoms with Crippen molar-refractivity contribution in [1.29, 1.82) is 0 Å². The Bertz CT molecular complexity index is 444. The Hall–Kier alpha value is -1.26. The predicted octanol–water partition coefficient (Wildman–Crippen LogP) is 1.95. The van der Waals surface area contributed by atoms with Crippen molar-refractivity contribution in [3.63, 3.8) is 0 Å². The van der Waals surface area contributed by atoms with Crippen LogP contribution in [-0.4, -0.2) is 33.1 Å². The zero-order valence-electron chi connectivity index (χ0n) is 10.7. The quantitative estimate of drug-likeness (QED) is 0.877. The first kappa shape index (κ1) is 13.2. The second-order valence-electron chi connectivity index (χ2n) is 4.81. The topological polar surface area (TPSA) is 44.4 Å². The normalized spacial score (nSPS) is 15.1. The van der Waals surface area contributed by atoms with Crippen molar-refractivity contribution in [2.24, 2.45) is 5.92 Å². The summed E-state index contributed by atoms with van der Waals surface area (Å²) < 4.78 is 0. The highest BCUT2D eigenvalue weighted by atomic mass is 35.5. The van der Waals surface area contributed by atoms with Crippen LogP contribution < -0.4 is 15.5 Å². The van der Waals surface area contributed by atoms with E-state index in [1.807, 2.05) is 37.2 Å². The molecule has 5 heteroatoms. The molecular formula is C13H18ClN3O. The van der Waals surface area contributed by atoms with Crippen molar-refractivity contribution in [3.05, 3.63) is 23.2 Å². The molecule has 1 saturated heterocycles. The number of carbonyl (C=O) groups excluding carboxylic acids is 1. The molecule has 18 heavy (non-hydrogen) atoms. The molecule has 0 unspecified atom stereocenters. The summed E-state index contributed by atoms with van der Waals surface area (Å²) in [6, 6.07) is 5.54. The standard InChI is InChI=1S/C13H18ClN3O/c1-17(2)13-10(14)4-3-5-11(13)16-12(18)6-9-7-15-8-9/h3-5,9,15H,6-8H2,1-2H3,(H,16,18). The monoisotopic (exact) mass is 267 g/mol. The number of benzene rings is 1. The fourth-order valence-electron chi connectivity index (χ4n) is 2.03. The van der Waals surface area contributed by atoms with Crippen molar-refractivity contribution >= 4 is 28.9 Å². The zero-order chi connectivity index (χ0) is 13.1. The van der Waals surface area contributed by atoms with Gasteiger partial charge in [0, 0.05) is 20.5 Å². The summed E-state index contributed by atoms with van der Waals surface area (Å²) in [5.41, 5.74) is 1.61. The van der Waals surface area contributed by atoms with E-state index in [0.29, 0.717) is 17.4 Å². The molecule has 1 fully saturated rings. The van der Waals surface area contributed by atoms with Gasteiger partial charge in [-0.15, -0.1) is 0 Å². The molecule has 0 aromatic heterocycles. The maximum Gasteiger partial charge on any atom is 0.224 e. The van der Waals surface area contributed by atoms with Crippen molar-refractivity contribution in [3.8, 4) is 0 Å². The van der Waals surface area contributed by atoms with E-state index >= 15 is 0 Å². The van der Waals surface area contributed by atoms with Gasteiger partial charge in [0.2, 0.25) is 5.91 Å². The van der Waals surface area contributed by atoms with E-state index in [1.54, 1.807) is 0 Å². The van der Waals surface area contributed by atoms with Gasteiger partial charge in [-0.25, -0.2) is 0 Å². The van der Waals surface area contributed by atoms with Crippen LogP contribution >= 0.6 is 11.6 Å². The van der Waals surface area contributed by atoms with Gasteiger partial charge >= 0.3 is 0 Å². The summed E-state index contributed by atoms with van der Waals surface area (Å²) in [6.07, 6.45) is 0.562. The molecule has 0 atom stereocenters. The number of para-hydroxylation sites is 1. The molecule has 0 radical (unpaired) electrons. The molecule has 1 aliphatic rings. The van der Waals surface area contributed by atoms with Gasteiger partial charge in [-0.1, -0.05) is 17.7 Å². The van der Waals surface area contributed by atoms with Gasteiger partial charge in [0.25, 0.3) is 0 Å². The first-order valence-electron chi connectivity index (χ1n) is 6.04. The lowest BCUT2D eigenvalue weighted by Crippen LogP contribution is -2.43. The Morgan fingerprint density at radius 3 is 2.78 bits per heavy atom. The smallest absolute Gasteiger partial charge is 0.224 e. The first-order chi connectivity index (χ1) is 8.58. The largest absolute Gasteiger partial charge is 0.375 e. The van der Waals surface area contributed by atoms with Crippen LogP contribution in [0.2, 0.25) is 5.02 Å². The second-order valence-corrected chi connectivity index (χ2v) is 5.21. The summed E-state index contributed by atoms with van der Waals surface area (Å²) in [5, 5.41) is 6.74. The van der Waals surface area contributed by atoms with Gasteiger partial charge in [0.05, 0.1) is 16.4 Å². The third-order valence-corrected chi connectivity index (χ3v) is 3.35. The molecule has 0 bridgehead atoms. The number of hydrogen-bond acceptors (Lipinski definition) is 3. The van der Waals surface area contributed by atoms with Crippen molar-refractivity contribution in [1.82, 2.24) is 5.32 Å². The maximum absolute atomic E-state index is 11.9. The van der Waals surface area contributed by atoms with Gasteiger partial charge < -0.3 is 15.5 Å². The molecule has 1 heterocycles. The summed E-state index contributed by atoms with van der Waals surface area (Å²) in [6.45, 7) is 1.87.